The quantitative estimate of drug-likeness (QED) is 0.851. The molecule has 0 spiro atoms. The Morgan fingerprint density at radius 3 is 2.76 bits per heavy atom. The van der Waals surface area contributed by atoms with Crippen LogP contribution in [-0.2, 0) is 0 Å². The number of hydrogen-bond donors (Lipinski definition) is 1. The van der Waals surface area contributed by atoms with Crippen LogP contribution in [0.25, 0.3) is 0 Å². The molecule has 0 saturated heterocycles. The molecular formula is C13H17BrN2O. The first-order valence-electron chi connectivity index (χ1n) is 6.03. The van der Waals surface area contributed by atoms with Gasteiger partial charge in [0.1, 0.15) is 4.60 Å². The van der Waals surface area contributed by atoms with E-state index in [9.17, 15) is 4.79 Å². The van der Waals surface area contributed by atoms with Gasteiger partial charge in [0, 0.05) is 17.3 Å². The number of amides is 1. The Morgan fingerprint density at radius 2 is 2.12 bits per heavy atom. The number of rotatable bonds is 2. The van der Waals surface area contributed by atoms with E-state index in [4.69, 9.17) is 0 Å². The van der Waals surface area contributed by atoms with E-state index < -0.39 is 0 Å². The van der Waals surface area contributed by atoms with Crippen LogP contribution in [0.5, 0.6) is 0 Å². The predicted octanol–water partition coefficient (Wildman–Crippen LogP) is 3.30. The molecule has 0 radical (unpaired) electrons. The van der Waals surface area contributed by atoms with Crippen LogP contribution in [0.15, 0.2) is 22.9 Å². The Kier molecular flexibility index (Phi) is 3.82. The highest BCUT2D eigenvalue weighted by Crippen LogP contribution is 2.27. The standard InChI is InChI=1S/C13H17BrN2O/c1-13(6-3-2-4-7-13)16-12(17)10-5-8-15-11(14)9-10/h5,8-9H,2-4,6-7H2,1H3,(H,16,17). The maximum Gasteiger partial charge on any atom is 0.251 e. The number of nitrogens with zero attached hydrogens (tertiary/aromatic N) is 1. The van der Waals surface area contributed by atoms with Crippen molar-refractivity contribution in [2.75, 3.05) is 0 Å². The highest BCUT2D eigenvalue weighted by atomic mass is 79.9. The fraction of sp³-hybridized carbons (Fsp3) is 0.538. The molecule has 0 bridgehead atoms. The molecule has 1 aromatic heterocycles. The average Bonchev–Trinajstić information content (AvgIpc) is 2.29. The van der Waals surface area contributed by atoms with Crippen molar-refractivity contribution in [3.63, 3.8) is 0 Å². The molecule has 3 nitrogen and oxygen atoms in total. The molecular weight excluding hydrogens is 280 g/mol. The summed E-state index contributed by atoms with van der Waals surface area (Å²) in [4.78, 5) is 16.1. The maximum absolute atomic E-state index is 12.1. The predicted molar refractivity (Wildman–Crippen MR) is 70.9 cm³/mol. The van der Waals surface area contributed by atoms with Crippen molar-refractivity contribution in [2.45, 2.75) is 44.6 Å². The SMILES string of the molecule is CC1(NC(=O)c2ccnc(Br)c2)CCCCC1. The van der Waals surface area contributed by atoms with Gasteiger partial charge in [0.05, 0.1) is 0 Å². The monoisotopic (exact) mass is 296 g/mol. The molecule has 1 N–H and O–H groups in total. The zero-order valence-corrected chi connectivity index (χ0v) is 11.6. The Balaban J connectivity index is 2.06. The third-order valence-corrected chi connectivity index (χ3v) is 3.79. The summed E-state index contributed by atoms with van der Waals surface area (Å²) in [6.07, 6.45) is 7.48. The van der Waals surface area contributed by atoms with E-state index in [1.807, 2.05) is 0 Å². The Morgan fingerprint density at radius 1 is 1.41 bits per heavy atom. The van der Waals surface area contributed by atoms with Crippen LogP contribution < -0.4 is 5.32 Å². The normalized spacial score (nSPS) is 18.7. The molecule has 0 unspecified atom stereocenters. The van der Waals surface area contributed by atoms with E-state index in [2.05, 4.69) is 33.2 Å². The summed E-state index contributed by atoms with van der Waals surface area (Å²) in [5.41, 5.74) is 0.629. The zero-order chi connectivity index (χ0) is 12.3. The maximum atomic E-state index is 12.1. The first kappa shape index (κ1) is 12.6. The third kappa shape index (κ3) is 3.28. The van der Waals surface area contributed by atoms with Gasteiger partial charge in [-0.05, 0) is 47.8 Å². The van der Waals surface area contributed by atoms with Gasteiger partial charge in [0.15, 0.2) is 0 Å². The molecule has 17 heavy (non-hydrogen) atoms. The number of aromatic nitrogens is 1. The summed E-state index contributed by atoms with van der Waals surface area (Å²) in [7, 11) is 0. The summed E-state index contributed by atoms with van der Waals surface area (Å²) in [5.74, 6) is -0.00231. The van der Waals surface area contributed by atoms with Crippen molar-refractivity contribution < 1.29 is 4.79 Å². The van der Waals surface area contributed by atoms with E-state index in [0.29, 0.717) is 10.2 Å². The fourth-order valence-electron chi connectivity index (χ4n) is 2.35. The van der Waals surface area contributed by atoms with Crippen LogP contribution in [0.1, 0.15) is 49.4 Å². The van der Waals surface area contributed by atoms with Gasteiger partial charge in [-0.1, -0.05) is 19.3 Å². The van der Waals surface area contributed by atoms with Crippen molar-refractivity contribution >= 4 is 21.8 Å². The summed E-state index contributed by atoms with van der Waals surface area (Å²) in [6, 6.07) is 3.49. The number of nitrogens with one attached hydrogen (secondary N) is 1. The second kappa shape index (κ2) is 5.17. The lowest BCUT2D eigenvalue weighted by Gasteiger charge is -2.34. The summed E-state index contributed by atoms with van der Waals surface area (Å²) >= 11 is 3.28. The smallest absolute Gasteiger partial charge is 0.251 e. The van der Waals surface area contributed by atoms with E-state index in [1.54, 1.807) is 18.3 Å². The fourth-order valence-corrected chi connectivity index (χ4v) is 2.71. The Hall–Kier alpha value is -0.900. The highest BCUT2D eigenvalue weighted by Gasteiger charge is 2.28. The molecule has 2 rings (SSSR count). The van der Waals surface area contributed by atoms with Gasteiger partial charge in [-0.2, -0.15) is 0 Å². The van der Waals surface area contributed by atoms with Crippen molar-refractivity contribution in [1.29, 1.82) is 0 Å². The van der Waals surface area contributed by atoms with Gasteiger partial charge in [0.2, 0.25) is 0 Å². The summed E-state index contributed by atoms with van der Waals surface area (Å²) < 4.78 is 0.693. The molecule has 1 fully saturated rings. The summed E-state index contributed by atoms with van der Waals surface area (Å²) in [5, 5.41) is 3.15. The minimum Gasteiger partial charge on any atom is -0.347 e. The lowest BCUT2D eigenvalue weighted by Crippen LogP contribution is -2.47. The minimum absolute atomic E-state index is 0.00231. The third-order valence-electron chi connectivity index (χ3n) is 3.36. The van der Waals surface area contributed by atoms with Gasteiger partial charge in [-0.3, -0.25) is 4.79 Å². The number of carbonyl (C=O) groups is 1. The molecule has 1 saturated carbocycles. The van der Waals surface area contributed by atoms with E-state index in [-0.39, 0.29) is 11.4 Å². The van der Waals surface area contributed by atoms with Crippen LogP contribution in [-0.4, -0.2) is 16.4 Å². The van der Waals surface area contributed by atoms with Gasteiger partial charge in [-0.15, -0.1) is 0 Å². The van der Waals surface area contributed by atoms with Crippen molar-refractivity contribution in [3.05, 3.63) is 28.5 Å². The molecule has 0 aromatic carbocycles. The molecule has 4 heteroatoms. The van der Waals surface area contributed by atoms with Gasteiger partial charge >= 0.3 is 0 Å². The largest absolute Gasteiger partial charge is 0.347 e. The van der Waals surface area contributed by atoms with E-state index in [0.717, 1.165) is 12.8 Å². The molecule has 1 amide bonds. The molecule has 1 aliphatic rings. The van der Waals surface area contributed by atoms with Crippen LogP contribution in [0.2, 0.25) is 0 Å². The Bertz CT molecular complexity index is 414. The second-order valence-electron chi connectivity index (χ2n) is 4.94. The molecule has 1 heterocycles. The van der Waals surface area contributed by atoms with Crippen LogP contribution in [0.4, 0.5) is 0 Å². The first-order chi connectivity index (χ1) is 8.09. The topological polar surface area (TPSA) is 42.0 Å². The highest BCUT2D eigenvalue weighted by molar-refractivity contribution is 9.10. The van der Waals surface area contributed by atoms with Crippen molar-refractivity contribution in [3.8, 4) is 0 Å². The molecule has 92 valence electrons. The lowest BCUT2D eigenvalue weighted by atomic mass is 9.83. The van der Waals surface area contributed by atoms with Gasteiger partial charge in [-0.25, -0.2) is 4.98 Å². The van der Waals surface area contributed by atoms with E-state index in [1.165, 1.54) is 19.3 Å². The van der Waals surface area contributed by atoms with Crippen molar-refractivity contribution in [2.24, 2.45) is 0 Å². The second-order valence-corrected chi connectivity index (χ2v) is 5.76. The number of pyridine rings is 1. The first-order valence-corrected chi connectivity index (χ1v) is 6.82. The Labute approximate surface area is 110 Å². The zero-order valence-electron chi connectivity index (χ0n) is 10.0. The molecule has 0 aliphatic heterocycles. The van der Waals surface area contributed by atoms with Crippen LogP contribution >= 0.6 is 15.9 Å². The summed E-state index contributed by atoms with van der Waals surface area (Å²) in [6.45, 7) is 2.14. The molecule has 1 aromatic rings. The number of hydrogen-bond acceptors (Lipinski definition) is 2. The molecule has 0 atom stereocenters. The number of halogens is 1. The molecule has 1 aliphatic carbocycles. The minimum atomic E-state index is -0.0366. The number of carbonyl (C=O) groups excluding carboxylic acids is 1. The lowest BCUT2D eigenvalue weighted by molar-refractivity contribution is 0.0882. The van der Waals surface area contributed by atoms with Crippen LogP contribution in [0.3, 0.4) is 0 Å². The van der Waals surface area contributed by atoms with Crippen LogP contribution in [0, 0.1) is 0 Å². The van der Waals surface area contributed by atoms with E-state index >= 15 is 0 Å². The van der Waals surface area contributed by atoms with Crippen molar-refractivity contribution in [1.82, 2.24) is 10.3 Å². The van der Waals surface area contributed by atoms with Gasteiger partial charge in [0.25, 0.3) is 5.91 Å². The van der Waals surface area contributed by atoms with Gasteiger partial charge < -0.3 is 5.32 Å². The average molecular weight is 297 g/mol.